The van der Waals surface area contributed by atoms with Gasteiger partial charge >= 0.3 is 5.69 Å². The van der Waals surface area contributed by atoms with Crippen LogP contribution in [0, 0.1) is 21.7 Å². The topological polar surface area (TPSA) is 97.3 Å². The van der Waals surface area contributed by atoms with Crippen LogP contribution in [-0.2, 0) is 0 Å². The monoisotopic (exact) mass is 383 g/mol. The molecule has 26 heavy (non-hydrogen) atoms. The van der Waals surface area contributed by atoms with Gasteiger partial charge in [-0.2, -0.15) is 0 Å². The van der Waals surface area contributed by atoms with Gasteiger partial charge in [0.05, 0.1) is 21.8 Å². The van der Waals surface area contributed by atoms with E-state index in [9.17, 15) is 18.9 Å². The standard InChI is InChI=1S/C16H16ClF2N5O2/c17-11-8-21-16(20)15(24(25)26)14(11)22-10-3-5-23(6-4-10)13-7-9(18)1-2-12(13)19/h1-2,7-8,10H,3-6H2,(H3,20,21,22). The SMILES string of the molecule is Nc1ncc(Cl)c(NC2CCN(c3cc(F)ccc3F)CC2)c1[N+](=O)[O-]. The molecule has 2 aromatic rings. The molecule has 7 nitrogen and oxygen atoms in total. The molecule has 2 heterocycles. The third-order valence-corrected chi connectivity index (χ3v) is 4.60. The number of pyridine rings is 1. The zero-order valence-corrected chi connectivity index (χ0v) is 14.3. The Morgan fingerprint density at radius 1 is 1.35 bits per heavy atom. The summed E-state index contributed by atoms with van der Waals surface area (Å²) in [6.07, 6.45) is 2.38. The van der Waals surface area contributed by atoms with Crippen molar-refractivity contribution in [3.8, 4) is 0 Å². The number of halogens is 3. The van der Waals surface area contributed by atoms with Crippen molar-refractivity contribution in [2.75, 3.05) is 29.0 Å². The molecule has 0 spiro atoms. The molecule has 3 rings (SSSR count). The third-order valence-electron chi connectivity index (χ3n) is 4.31. The van der Waals surface area contributed by atoms with Crippen LogP contribution in [-0.4, -0.2) is 29.0 Å². The second-order valence-electron chi connectivity index (χ2n) is 5.97. The highest BCUT2D eigenvalue weighted by molar-refractivity contribution is 6.33. The summed E-state index contributed by atoms with van der Waals surface area (Å²) in [5.41, 5.74) is 5.56. The Kier molecular flexibility index (Phi) is 5.08. The van der Waals surface area contributed by atoms with Crippen LogP contribution >= 0.6 is 11.6 Å². The van der Waals surface area contributed by atoms with Gasteiger partial charge in [-0.25, -0.2) is 13.8 Å². The summed E-state index contributed by atoms with van der Waals surface area (Å²) < 4.78 is 27.3. The van der Waals surface area contributed by atoms with E-state index in [4.69, 9.17) is 17.3 Å². The lowest BCUT2D eigenvalue weighted by atomic mass is 10.0. The molecule has 1 aliphatic rings. The second-order valence-corrected chi connectivity index (χ2v) is 6.38. The summed E-state index contributed by atoms with van der Waals surface area (Å²) in [5.74, 6) is -1.21. The van der Waals surface area contributed by atoms with Gasteiger partial charge in [0.2, 0.25) is 5.82 Å². The molecule has 10 heteroatoms. The highest BCUT2D eigenvalue weighted by atomic mass is 35.5. The Bertz CT molecular complexity index is 844. The van der Waals surface area contributed by atoms with Gasteiger partial charge in [0.1, 0.15) is 17.3 Å². The zero-order valence-electron chi connectivity index (χ0n) is 13.6. The summed E-state index contributed by atoms with van der Waals surface area (Å²) in [6, 6.07) is 3.20. The predicted octanol–water partition coefficient (Wildman–Crippen LogP) is 3.58. The van der Waals surface area contributed by atoms with Crippen molar-refractivity contribution in [3.63, 3.8) is 0 Å². The van der Waals surface area contributed by atoms with Crippen molar-refractivity contribution in [2.24, 2.45) is 0 Å². The minimum Gasteiger partial charge on any atom is -0.378 e. The molecular weight excluding hydrogens is 368 g/mol. The fourth-order valence-electron chi connectivity index (χ4n) is 3.01. The van der Waals surface area contributed by atoms with E-state index in [0.717, 1.165) is 18.2 Å². The average molecular weight is 384 g/mol. The van der Waals surface area contributed by atoms with E-state index in [1.54, 1.807) is 4.90 Å². The van der Waals surface area contributed by atoms with Crippen LogP contribution in [0.5, 0.6) is 0 Å². The lowest BCUT2D eigenvalue weighted by molar-refractivity contribution is -0.383. The van der Waals surface area contributed by atoms with E-state index in [0.29, 0.717) is 25.9 Å². The summed E-state index contributed by atoms with van der Waals surface area (Å²) in [5, 5.41) is 14.4. The summed E-state index contributed by atoms with van der Waals surface area (Å²) in [4.78, 5) is 16.1. The first-order valence-corrected chi connectivity index (χ1v) is 8.29. The lowest BCUT2D eigenvalue weighted by Gasteiger charge is -2.34. The lowest BCUT2D eigenvalue weighted by Crippen LogP contribution is -2.39. The maximum Gasteiger partial charge on any atom is 0.335 e. The van der Waals surface area contributed by atoms with Gasteiger partial charge in [0.25, 0.3) is 0 Å². The molecule has 0 amide bonds. The number of aromatic nitrogens is 1. The summed E-state index contributed by atoms with van der Waals surface area (Å²) in [6.45, 7) is 0.925. The number of nitro groups is 1. The van der Waals surface area contributed by atoms with Crippen LogP contribution in [0.15, 0.2) is 24.4 Å². The maximum atomic E-state index is 13.9. The number of piperidine rings is 1. The van der Waals surface area contributed by atoms with Gasteiger partial charge < -0.3 is 16.0 Å². The first-order chi connectivity index (χ1) is 12.4. The zero-order chi connectivity index (χ0) is 18.8. The van der Waals surface area contributed by atoms with Gasteiger partial charge in [-0.15, -0.1) is 0 Å². The fourth-order valence-corrected chi connectivity index (χ4v) is 3.21. The van der Waals surface area contributed by atoms with E-state index in [-0.39, 0.29) is 33.9 Å². The molecule has 0 atom stereocenters. The van der Waals surface area contributed by atoms with Crippen molar-refractivity contribution in [2.45, 2.75) is 18.9 Å². The van der Waals surface area contributed by atoms with Gasteiger partial charge in [-0.3, -0.25) is 10.1 Å². The molecule has 0 saturated carbocycles. The quantitative estimate of drug-likeness (QED) is 0.618. The molecule has 1 aromatic heterocycles. The van der Waals surface area contributed by atoms with Crippen molar-refractivity contribution in [3.05, 3.63) is 51.2 Å². The predicted molar refractivity (Wildman–Crippen MR) is 95.5 cm³/mol. The van der Waals surface area contributed by atoms with Crippen LogP contribution in [0.25, 0.3) is 0 Å². The van der Waals surface area contributed by atoms with E-state index in [2.05, 4.69) is 10.3 Å². The molecular formula is C16H16ClF2N5O2. The molecule has 1 saturated heterocycles. The largest absolute Gasteiger partial charge is 0.378 e. The van der Waals surface area contributed by atoms with Crippen LogP contribution in [0.3, 0.4) is 0 Å². The van der Waals surface area contributed by atoms with Crippen LogP contribution < -0.4 is 16.0 Å². The normalized spacial score (nSPS) is 15.1. The Morgan fingerprint density at radius 3 is 2.69 bits per heavy atom. The van der Waals surface area contributed by atoms with Crippen molar-refractivity contribution in [1.82, 2.24) is 4.98 Å². The number of hydrogen-bond acceptors (Lipinski definition) is 6. The Labute approximate surface area is 152 Å². The Hall–Kier alpha value is -2.68. The Balaban J connectivity index is 1.73. The molecule has 138 valence electrons. The number of hydrogen-bond donors (Lipinski definition) is 2. The highest BCUT2D eigenvalue weighted by Gasteiger charge is 2.27. The van der Waals surface area contributed by atoms with Crippen molar-refractivity contribution < 1.29 is 13.7 Å². The summed E-state index contributed by atoms with van der Waals surface area (Å²) in [7, 11) is 0. The second kappa shape index (κ2) is 7.28. The van der Waals surface area contributed by atoms with Crippen LogP contribution in [0.4, 0.5) is 31.7 Å². The number of nitrogens with two attached hydrogens (primary N) is 1. The van der Waals surface area contributed by atoms with Crippen LogP contribution in [0.2, 0.25) is 5.02 Å². The van der Waals surface area contributed by atoms with Crippen LogP contribution in [0.1, 0.15) is 12.8 Å². The minimum atomic E-state index is -0.631. The number of nitrogens with one attached hydrogen (secondary N) is 1. The molecule has 0 bridgehead atoms. The Morgan fingerprint density at radius 2 is 2.04 bits per heavy atom. The fraction of sp³-hybridized carbons (Fsp3) is 0.312. The number of anilines is 3. The number of benzene rings is 1. The van der Waals surface area contributed by atoms with E-state index in [1.807, 2.05) is 0 Å². The molecule has 1 aromatic carbocycles. The first kappa shape index (κ1) is 18.1. The van der Waals surface area contributed by atoms with Crippen molar-refractivity contribution >= 4 is 34.5 Å². The number of nitrogens with zero attached hydrogens (tertiary/aromatic N) is 3. The molecule has 1 fully saturated rings. The molecule has 0 radical (unpaired) electrons. The minimum absolute atomic E-state index is 0.101. The van der Waals surface area contributed by atoms with Gasteiger partial charge in [-0.05, 0) is 25.0 Å². The van der Waals surface area contributed by atoms with Crippen molar-refractivity contribution in [1.29, 1.82) is 0 Å². The molecule has 1 aliphatic heterocycles. The van der Waals surface area contributed by atoms with E-state index >= 15 is 0 Å². The molecule has 0 aliphatic carbocycles. The third kappa shape index (κ3) is 3.62. The molecule has 3 N–H and O–H groups in total. The number of rotatable bonds is 4. The van der Waals surface area contributed by atoms with Gasteiger partial charge in [-0.1, -0.05) is 11.6 Å². The van der Waals surface area contributed by atoms with Gasteiger partial charge in [0, 0.05) is 25.2 Å². The van der Waals surface area contributed by atoms with E-state index < -0.39 is 16.6 Å². The number of nitrogen functional groups attached to an aromatic ring is 1. The summed E-state index contributed by atoms with van der Waals surface area (Å²) >= 11 is 6.04. The smallest absolute Gasteiger partial charge is 0.335 e. The molecule has 0 unspecified atom stereocenters. The average Bonchev–Trinajstić information content (AvgIpc) is 2.61. The first-order valence-electron chi connectivity index (χ1n) is 7.91. The van der Waals surface area contributed by atoms with E-state index in [1.165, 1.54) is 6.20 Å². The van der Waals surface area contributed by atoms with Gasteiger partial charge in [0.15, 0.2) is 0 Å². The maximum absolute atomic E-state index is 13.9. The highest BCUT2D eigenvalue weighted by Crippen LogP contribution is 2.37.